The summed E-state index contributed by atoms with van der Waals surface area (Å²) in [6.07, 6.45) is -4.34. The Morgan fingerprint density at radius 2 is 1.61 bits per heavy atom. The van der Waals surface area contributed by atoms with E-state index in [1.807, 2.05) is 6.07 Å². The first-order valence-electron chi connectivity index (χ1n) is 5.32. The second kappa shape index (κ2) is 4.76. The normalized spacial score (nSPS) is 11.6. The van der Waals surface area contributed by atoms with Gasteiger partial charge in [-0.05, 0) is 41.8 Å². The lowest BCUT2D eigenvalue weighted by Crippen LogP contribution is -2.07. The van der Waals surface area contributed by atoms with E-state index in [1.165, 1.54) is 12.1 Å². The van der Waals surface area contributed by atoms with Crippen LogP contribution in [-0.2, 0) is 6.18 Å². The summed E-state index contributed by atoms with van der Waals surface area (Å²) < 4.78 is 39.7. The molecule has 0 nitrogen and oxygen atoms in total. The highest BCUT2D eigenvalue weighted by atomic mass is 79.9. The van der Waals surface area contributed by atoms with Gasteiger partial charge in [0.25, 0.3) is 0 Å². The van der Waals surface area contributed by atoms with Crippen LogP contribution in [0, 0.1) is 6.92 Å². The molecule has 94 valence electrons. The average Bonchev–Trinajstić information content (AvgIpc) is 2.28. The maximum atomic E-state index is 12.9. The van der Waals surface area contributed by atoms with Gasteiger partial charge in [0.1, 0.15) is 0 Å². The summed E-state index contributed by atoms with van der Waals surface area (Å²) in [7, 11) is 0. The van der Waals surface area contributed by atoms with E-state index in [-0.39, 0.29) is 5.56 Å². The fourth-order valence-electron chi connectivity index (χ4n) is 1.89. The van der Waals surface area contributed by atoms with Crippen LogP contribution in [0.1, 0.15) is 11.1 Å². The van der Waals surface area contributed by atoms with Gasteiger partial charge in [-0.3, -0.25) is 0 Å². The highest BCUT2D eigenvalue weighted by Gasteiger charge is 2.33. The third-order valence-corrected chi connectivity index (χ3v) is 3.20. The van der Waals surface area contributed by atoms with Gasteiger partial charge >= 0.3 is 6.18 Å². The molecule has 2 aromatic rings. The molecular weight excluding hydrogens is 305 g/mol. The minimum atomic E-state index is -4.34. The molecule has 0 N–H and O–H groups in total. The largest absolute Gasteiger partial charge is 0.417 e. The van der Waals surface area contributed by atoms with E-state index in [0.717, 1.165) is 16.1 Å². The lowest BCUT2D eigenvalue weighted by molar-refractivity contribution is -0.137. The number of aryl methyl sites for hydroxylation is 1. The van der Waals surface area contributed by atoms with Crippen molar-refractivity contribution in [3.8, 4) is 11.1 Å². The summed E-state index contributed by atoms with van der Waals surface area (Å²) in [5.41, 5.74) is 1.03. The molecule has 0 aliphatic carbocycles. The van der Waals surface area contributed by atoms with Crippen LogP contribution in [0.4, 0.5) is 13.2 Å². The molecule has 0 unspecified atom stereocenters. The Balaban J connectivity index is 2.64. The van der Waals surface area contributed by atoms with Gasteiger partial charge in [-0.15, -0.1) is 0 Å². The summed E-state index contributed by atoms with van der Waals surface area (Å²) in [6.45, 7) is 1.80. The van der Waals surface area contributed by atoms with Crippen molar-refractivity contribution in [3.63, 3.8) is 0 Å². The number of hydrogen-bond acceptors (Lipinski definition) is 0. The van der Waals surface area contributed by atoms with Crippen LogP contribution < -0.4 is 0 Å². The molecule has 0 fully saturated rings. The van der Waals surface area contributed by atoms with Crippen LogP contribution in [0.5, 0.6) is 0 Å². The first-order valence-corrected chi connectivity index (χ1v) is 6.11. The van der Waals surface area contributed by atoms with Gasteiger partial charge in [0.15, 0.2) is 0 Å². The van der Waals surface area contributed by atoms with Crippen LogP contribution in [0.3, 0.4) is 0 Å². The molecule has 0 aliphatic heterocycles. The molecule has 0 atom stereocenters. The zero-order valence-electron chi connectivity index (χ0n) is 9.55. The first-order chi connectivity index (χ1) is 8.39. The maximum absolute atomic E-state index is 12.9. The molecule has 0 bridgehead atoms. The molecule has 0 spiro atoms. The lowest BCUT2D eigenvalue weighted by Gasteiger charge is -2.14. The fourth-order valence-corrected chi connectivity index (χ4v) is 2.37. The van der Waals surface area contributed by atoms with Gasteiger partial charge in [-0.1, -0.05) is 40.2 Å². The first kappa shape index (κ1) is 13.1. The van der Waals surface area contributed by atoms with Gasteiger partial charge in [0, 0.05) is 4.47 Å². The van der Waals surface area contributed by atoms with Crippen LogP contribution in [-0.4, -0.2) is 0 Å². The highest BCUT2D eigenvalue weighted by Crippen LogP contribution is 2.38. The van der Waals surface area contributed by atoms with Crippen molar-refractivity contribution in [2.75, 3.05) is 0 Å². The molecule has 4 heteroatoms. The Morgan fingerprint density at radius 1 is 0.944 bits per heavy atom. The molecule has 18 heavy (non-hydrogen) atoms. The van der Waals surface area contributed by atoms with Gasteiger partial charge in [0.2, 0.25) is 0 Å². The zero-order valence-corrected chi connectivity index (χ0v) is 11.1. The minimum absolute atomic E-state index is 0.218. The molecule has 0 amide bonds. The van der Waals surface area contributed by atoms with Crippen molar-refractivity contribution >= 4 is 15.9 Å². The molecule has 0 aliphatic rings. The van der Waals surface area contributed by atoms with Crippen molar-refractivity contribution in [3.05, 3.63) is 58.1 Å². The van der Waals surface area contributed by atoms with Gasteiger partial charge < -0.3 is 0 Å². The predicted molar refractivity (Wildman–Crippen MR) is 69.3 cm³/mol. The number of alkyl halides is 3. The SMILES string of the molecule is Cc1cc(Br)ccc1-c1ccccc1C(F)(F)F. The summed E-state index contributed by atoms with van der Waals surface area (Å²) in [4.78, 5) is 0. The summed E-state index contributed by atoms with van der Waals surface area (Å²) in [5, 5.41) is 0. The van der Waals surface area contributed by atoms with Gasteiger partial charge in [-0.25, -0.2) is 0 Å². The van der Waals surface area contributed by atoms with E-state index in [4.69, 9.17) is 0 Å². The second-order valence-corrected chi connectivity index (χ2v) is 4.92. The quantitative estimate of drug-likeness (QED) is 0.657. The molecule has 0 saturated carbocycles. The van der Waals surface area contributed by atoms with E-state index < -0.39 is 11.7 Å². The molecule has 0 saturated heterocycles. The Hall–Kier alpha value is -1.29. The number of halogens is 4. The number of benzene rings is 2. The monoisotopic (exact) mass is 314 g/mol. The van der Waals surface area contributed by atoms with E-state index in [1.54, 1.807) is 25.1 Å². The van der Waals surface area contributed by atoms with Crippen LogP contribution >= 0.6 is 15.9 Å². The highest BCUT2D eigenvalue weighted by molar-refractivity contribution is 9.10. The standard InChI is InChI=1S/C14H10BrF3/c1-9-8-10(15)6-7-11(9)12-4-2-3-5-13(12)14(16,17)18/h2-8H,1H3. The van der Waals surface area contributed by atoms with Gasteiger partial charge in [0.05, 0.1) is 5.56 Å². The van der Waals surface area contributed by atoms with Crippen molar-refractivity contribution in [1.29, 1.82) is 0 Å². The summed E-state index contributed by atoms with van der Waals surface area (Å²) in [5.74, 6) is 0. The number of rotatable bonds is 1. The molecule has 2 rings (SSSR count). The smallest absolute Gasteiger partial charge is 0.166 e. The van der Waals surface area contributed by atoms with E-state index in [9.17, 15) is 13.2 Å². The Labute approximate surface area is 112 Å². The second-order valence-electron chi connectivity index (χ2n) is 4.00. The summed E-state index contributed by atoms with van der Waals surface area (Å²) in [6, 6.07) is 10.9. The molecule has 0 aromatic heterocycles. The Morgan fingerprint density at radius 3 is 2.22 bits per heavy atom. The molecular formula is C14H10BrF3. The van der Waals surface area contributed by atoms with Crippen molar-refractivity contribution < 1.29 is 13.2 Å². The third-order valence-electron chi connectivity index (χ3n) is 2.71. The van der Waals surface area contributed by atoms with Gasteiger partial charge in [-0.2, -0.15) is 13.2 Å². The zero-order chi connectivity index (χ0) is 13.3. The topological polar surface area (TPSA) is 0 Å². The fraction of sp³-hybridized carbons (Fsp3) is 0.143. The minimum Gasteiger partial charge on any atom is -0.166 e. The van der Waals surface area contributed by atoms with Crippen molar-refractivity contribution in [2.24, 2.45) is 0 Å². The molecule has 2 aromatic carbocycles. The van der Waals surface area contributed by atoms with Crippen molar-refractivity contribution in [1.82, 2.24) is 0 Å². The Bertz CT molecular complexity index is 573. The average molecular weight is 315 g/mol. The van der Waals surface area contributed by atoms with Crippen LogP contribution in [0.2, 0.25) is 0 Å². The lowest BCUT2D eigenvalue weighted by atomic mass is 9.96. The number of hydrogen-bond donors (Lipinski definition) is 0. The van der Waals surface area contributed by atoms with Crippen LogP contribution in [0.25, 0.3) is 11.1 Å². The predicted octanol–water partition coefficient (Wildman–Crippen LogP) is 5.44. The van der Waals surface area contributed by atoms with E-state index in [2.05, 4.69) is 15.9 Å². The molecule has 0 heterocycles. The third kappa shape index (κ3) is 2.58. The Kier molecular flexibility index (Phi) is 3.48. The van der Waals surface area contributed by atoms with Crippen LogP contribution in [0.15, 0.2) is 46.9 Å². The van der Waals surface area contributed by atoms with E-state index >= 15 is 0 Å². The summed E-state index contributed by atoms with van der Waals surface area (Å²) >= 11 is 3.30. The van der Waals surface area contributed by atoms with Crippen molar-refractivity contribution in [2.45, 2.75) is 13.1 Å². The molecule has 0 radical (unpaired) electrons. The van der Waals surface area contributed by atoms with E-state index in [0.29, 0.717) is 5.56 Å². The maximum Gasteiger partial charge on any atom is 0.417 e.